The van der Waals surface area contributed by atoms with Crippen LogP contribution in [-0.4, -0.2) is 60.1 Å². The van der Waals surface area contributed by atoms with Crippen LogP contribution in [0.1, 0.15) is 41.6 Å². The fraction of sp³-hybridized carbons (Fsp3) is 0.344. The van der Waals surface area contributed by atoms with Gasteiger partial charge in [-0.15, -0.1) is 0 Å². The van der Waals surface area contributed by atoms with Crippen molar-refractivity contribution in [1.29, 1.82) is 0 Å². The first-order valence-corrected chi connectivity index (χ1v) is 14.0. The first-order valence-electron chi connectivity index (χ1n) is 14.0. The standard InChI is InChI=1S/C32H35N5O2/c1-23-7-6-8-26(21-23)24-9-11-25(12-10-24)31(38)33-27-13-14-28-29(22-27)34-30(37-17-4-5-18-37)32(35-28)39-20-19-36-15-2-3-16-36/h6-14,21-22H,2-5,15-20H2,1H3,(H,33,38). The zero-order valence-corrected chi connectivity index (χ0v) is 22.5. The summed E-state index contributed by atoms with van der Waals surface area (Å²) in [5, 5.41) is 3.03. The number of hydrogen-bond acceptors (Lipinski definition) is 6. The molecule has 0 atom stereocenters. The van der Waals surface area contributed by atoms with Gasteiger partial charge in [0.05, 0.1) is 11.0 Å². The number of hydrogen-bond donors (Lipinski definition) is 1. The van der Waals surface area contributed by atoms with Crippen molar-refractivity contribution >= 4 is 28.4 Å². The highest BCUT2D eigenvalue weighted by atomic mass is 16.5. The third-order valence-electron chi connectivity index (χ3n) is 7.62. The molecule has 1 N–H and O–H groups in total. The molecule has 4 aromatic rings. The van der Waals surface area contributed by atoms with Crippen molar-refractivity contribution in [2.75, 3.05) is 49.5 Å². The van der Waals surface area contributed by atoms with Gasteiger partial charge in [-0.05, 0) is 87.2 Å². The predicted molar refractivity (Wildman–Crippen MR) is 157 cm³/mol. The van der Waals surface area contributed by atoms with Crippen LogP contribution in [0.4, 0.5) is 11.5 Å². The molecule has 1 aromatic heterocycles. The van der Waals surface area contributed by atoms with E-state index in [0.717, 1.165) is 73.5 Å². The summed E-state index contributed by atoms with van der Waals surface area (Å²) in [4.78, 5) is 27.6. The highest BCUT2D eigenvalue weighted by Gasteiger charge is 2.21. The molecule has 0 radical (unpaired) electrons. The average Bonchev–Trinajstić information content (AvgIpc) is 3.68. The fourth-order valence-corrected chi connectivity index (χ4v) is 5.46. The lowest BCUT2D eigenvalue weighted by Crippen LogP contribution is -2.26. The Kier molecular flexibility index (Phi) is 7.41. The van der Waals surface area contributed by atoms with Crippen molar-refractivity contribution in [3.8, 4) is 17.0 Å². The number of likely N-dealkylation sites (tertiary alicyclic amines) is 1. The summed E-state index contributed by atoms with van der Waals surface area (Å²) in [6.07, 6.45) is 4.83. The average molecular weight is 522 g/mol. The fourth-order valence-electron chi connectivity index (χ4n) is 5.46. The van der Waals surface area contributed by atoms with Gasteiger partial charge in [0.2, 0.25) is 0 Å². The van der Waals surface area contributed by atoms with E-state index >= 15 is 0 Å². The Morgan fingerprint density at radius 1 is 0.846 bits per heavy atom. The maximum Gasteiger partial charge on any atom is 0.258 e. The molecule has 1 amide bonds. The third kappa shape index (κ3) is 5.88. The number of carbonyl (C=O) groups excluding carboxylic acids is 1. The van der Waals surface area contributed by atoms with E-state index in [0.29, 0.717) is 23.7 Å². The molecule has 2 saturated heterocycles. The second kappa shape index (κ2) is 11.4. The molecule has 0 spiro atoms. The van der Waals surface area contributed by atoms with Crippen LogP contribution in [0.15, 0.2) is 66.7 Å². The topological polar surface area (TPSA) is 70.6 Å². The smallest absolute Gasteiger partial charge is 0.258 e. The zero-order valence-electron chi connectivity index (χ0n) is 22.5. The summed E-state index contributed by atoms with van der Waals surface area (Å²) in [5.41, 5.74) is 6.25. The molecule has 2 aliphatic rings. The van der Waals surface area contributed by atoms with Gasteiger partial charge < -0.3 is 15.0 Å². The van der Waals surface area contributed by atoms with Gasteiger partial charge in [-0.3, -0.25) is 9.69 Å². The van der Waals surface area contributed by atoms with Crippen LogP contribution in [0.3, 0.4) is 0 Å². The van der Waals surface area contributed by atoms with Crippen molar-refractivity contribution < 1.29 is 9.53 Å². The van der Waals surface area contributed by atoms with E-state index < -0.39 is 0 Å². The van der Waals surface area contributed by atoms with Gasteiger partial charge in [-0.2, -0.15) is 0 Å². The third-order valence-corrected chi connectivity index (χ3v) is 7.62. The van der Waals surface area contributed by atoms with Crippen LogP contribution in [0, 0.1) is 6.92 Å². The molecule has 7 nitrogen and oxygen atoms in total. The molecule has 2 fully saturated rings. The van der Waals surface area contributed by atoms with E-state index in [1.54, 1.807) is 0 Å². The van der Waals surface area contributed by atoms with Gasteiger partial charge in [-0.25, -0.2) is 9.97 Å². The molecule has 3 heterocycles. The van der Waals surface area contributed by atoms with Gasteiger partial charge >= 0.3 is 0 Å². The highest BCUT2D eigenvalue weighted by molar-refractivity contribution is 6.05. The molecule has 0 unspecified atom stereocenters. The SMILES string of the molecule is Cc1cccc(-c2ccc(C(=O)Nc3ccc4nc(OCCN5CCCC5)c(N5CCCC5)nc4c3)cc2)c1. The summed E-state index contributed by atoms with van der Waals surface area (Å²) < 4.78 is 6.19. The second-order valence-electron chi connectivity index (χ2n) is 10.5. The maximum atomic E-state index is 13.0. The first kappa shape index (κ1) is 25.3. The summed E-state index contributed by atoms with van der Waals surface area (Å²) in [7, 11) is 0. The Hall–Kier alpha value is -3.97. The number of aromatic nitrogens is 2. The molecule has 0 aliphatic carbocycles. The predicted octanol–water partition coefficient (Wildman–Crippen LogP) is 5.93. The number of anilines is 2. The van der Waals surface area contributed by atoms with Crippen molar-refractivity contribution in [2.45, 2.75) is 32.6 Å². The van der Waals surface area contributed by atoms with E-state index in [9.17, 15) is 4.79 Å². The molecular formula is C32H35N5O2. The Morgan fingerprint density at radius 3 is 2.38 bits per heavy atom. The van der Waals surface area contributed by atoms with Crippen molar-refractivity contribution in [3.63, 3.8) is 0 Å². The Balaban J connectivity index is 1.19. The molecular weight excluding hydrogens is 486 g/mol. The number of nitrogens with one attached hydrogen (secondary N) is 1. The van der Waals surface area contributed by atoms with E-state index in [-0.39, 0.29) is 5.91 Å². The van der Waals surface area contributed by atoms with Crippen molar-refractivity contribution in [3.05, 3.63) is 77.9 Å². The quantitative estimate of drug-likeness (QED) is 0.310. The molecule has 0 bridgehead atoms. The Bertz CT molecular complexity index is 1460. The first-order chi connectivity index (χ1) is 19.1. The molecule has 6 rings (SSSR count). The molecule has 7 heteroatoms. The minimum Gasteiger partial charge on any atom is -0.474 e. The number of carbonyl (C=O) groups is 1. The maximum absolute atomic E-state index is 13.0. The number of rotatable bonds is 8. The Labute approximate surface area is 229 Å². The zero-order chi connectivity index (χ0) is 26.6. The lowest BCUT2D eigenvalue weighted by molar-refractivity contribution is 0.102. The number of benzene rings is 3. The van der Waals surface area contributed by atoms with Crippen LogP contribution in [0.25, 0.3) is 22.2 Å². The number of ether oxygens (including phenoxy) is 1. The lowest BCUT2D eigenvalue weighted by atomic mass is 10.0. The summed E-state index contributed by atoms with van der Waals surface area (Å²) in [5.74, 6) is 1.26. The van der Waals surface area contributed by atoms with Crippen LogP contribution >= 0.6 is 0 Å². The van der Waals surface area contributed by atoms with E-state index in [1.807, 2.05) is 48.5 Å². The van der Waals surface area contributed by atoms with Gasteiger partial charge in [0.15, 0.2) is 5.82 Å². The molecule has 0 saturated carbocycles. The summed E-state index contributed by atoms with van der Waals surface area (Å²) in [6.45, 7) is 7.81. The summed E-state index contributed by atoms with van der Waals surface area (Å²) >= 11 is 0. The van der Waals surface area contributed by atoms with Crippen LogP contribution in [0.2, 0.25) is 0 Å². The van der Waals surface area contributed by atoms with Crippen LogP contribution in [0.5, 0.6) is 5.88 Å². The molecule has 2 aliphatic heterocycles. The van der Waals surface area contributed by atoms with Gasteiger partial charge in [0.25, 0.3) is 11.8 Å². The number of fused-ring (bicyclic) bond motifs is 1. The van der Waals surface area contributed by atoms with Gasteiger partial charge in [0, 0.05) is 30.9 Å². The largest absolute Gasteiger partial charge is 0.474 e. The van der Waals surface area contributed by atoms with E-state index in [2.05, 4.69) is 40.2 Å². The number of nitrogens with zero attached hydrogens (tertiary/aromatic N) is 4. The highest BCUT2D eigenvalue weighted by Crippen LogP contribution is 2.31. The number of aryl methyl sites for hydroxylation is 1. The Morgan fingerprint density at radius 2 is 1.62 bits per heavy atom. The van der Waals surface area contributed by atoms with Crippen molar-refractivity contribution in [1.82, 2.24) is 14.9 Å². The lowest BCUT2D eigenvalue weighted by Gasteiger charge is -2.21. The molecule has 39 heavy (non-hydrogen) atoms. The molecule has 3 aromatic carbocycles. The molecule has 200 valence electrons. The van der Waals surface area contributed by atoms with Gasteiger partial charge in [0.1, 0.15) is 6.61 Å². The summed E-state index contributed by atoms with van der Waals surface area (Å²) in [6, 6.07) is 21.7. The van der Waals surface area contributed by atoms with E-state index in [1.165, 1.54) is 18.4 Å². The van der Waals surface area contributed by atoms with Crippen molar-refractivity contribution in [2.24, 2.45) is 0 Å². The second-order valence-corrected chi connectivity index (χ2v) is 10.5. The number of amides is 1. The monoisotopic (exact) mass is 521 g/mol. The van der Waals surface area contributed by atoms with Crippen LogP contribution in [-0.2, 0) is 0 Å². The minimum absolute atomic E-state index is 0.153. The normalized spacial score (nSPS) is 15.7. The van der Waals surface area contributed by atoms with E-state index in [4.69, 9.17) is 14.7 Å². The van der Waals surface area contributed by atoms with Crippen LogP contribution < -0.4 is 15.0 Å². The van der Waals surface area contributed by atoms with Gasteiger partial charge in [-0.1, -0.05) is 42.0 Å². The minimum atomic E-state index is -0.153.